The fourth-order valence-corrected chi connectivity index (χ4v) is 5.53. The van der Waals surface area contributed by atoms with Crippen molar-refractivity contribution in [1.29, 1.82) is 0 Å². The van der Waals surface area contributed by atoms with Crippen LogP contribution < -0.4 is 10.2 Å². The molecular weight excluding hydrogens is 565 g/mol. The first kappa shape index (κ1) is 23.5. The average molecular weight is 584 g/mol. The number of carbonyl (C=O) groups excluding carboxylic acids is 1. The minimum absolute atomic E-state index is 0.101. The molecule has 172 valence electrons. The van der Waals surface area contributed by atoms with Gasteiger partial charge >= 0.3 is 0 Å². The maximum absolute atomic E-state index is 13.5. The average Bonchev–Trinajstić information content (AvgIpc) is 2.79. The molecule has 1 aromatic heterocycles. The Morgan fingerprint density at radius 3 is 2.21 bits per heavy atom. The Morgan fingerprint density at radius 1 is 0.970 bits per heavy atom. The van der Waals surface area contributed by atoms with Gasteiger partial charge in [-0.05, 0) is 65.1 Å². The Morgan fingerprint density at radius 2 is 1.61 bits per heavy atom. The van der Waals surface area contributed by atoms with Crippen molar-refractivity contribution in [2.75, 3.05) is 36.4 Å². The van der Waals surface area contributed by atoms with Crippen molar-refractivity contribution in [1.82, 2.24) is 9.29 Å². The molecule has 0 spiro atoms. The summed E-state index contributed by atoms with van der Waals surface area (Å²) in [6, 6.07) is 10.8. The minimum atomic E-state index is -3.75. The highest BCUT2D eigenvalue weighted by atomic mass is 127. The zero-order valence-corrected chi connectivity index (χ0v) is 20.2. The van der Waals surface area contributed by atoms with E-state index >= 15 is 0 Å². The first-order valence-electron chi connectivity index (χ1n) is 9.96. The lowest BCUT2D eigenvalue weighted by molar-refractivity contribution is 0.102. The predicted molar refractivity (Wildman–Crippen MR) is 129 cm³/mol. The molecule has 2 aromatic carbocycles. The molecule has 0 aliphatic carbocycles. The normalized spacial score (nSPS) is 14.8. The highest BCUT2D eigenvalue weighted by Gasteiger charge is 2.29. The van der Waals surface area contributed by atoms with Gasteiger partial charge in [0, 0.05) is 59.6 Å². The number of halogens is 3. The van der Waals surface area contributed by atoms with Gasteiger partial charge in [0.1, 0.15) is 11.6 Å². The molecule has 1 aliphatic heterocycles. The van der Waals surface area contributed by atoms with Gasteiger partial charge in [-0.15, -0.1) is 0 Å². The number of hydrogen-bond donors (Lipinski definition) is 1. The molecule has 1 amide bonds. The van der Waals surface area contributed by atoms with Gasteiger partial charge in [0.25, 0.3) is 5.91 Å². The summed E-state index contributed by atoms with van der Waals surface area (Å²) < 4.78 is 55.1. The van der Waals surface area contributed by atoms with Crippen LogP contribution in [0.2, 0.25) is 0 Å². The number of carbonyl (C=O) groups is 1. The van der Waals surface area contributed by atoms with Crippen LogP contribution in [0.3, 0.4) is 0 Å². The van der Waals surface area contributed by atoms with Crippen LogP contribution in [-0.2, 0) is 10.0 Å². The number of sulfonamides is 1. The zero-order valence-electron chi connectivity index (χ0n) is 17.2. The molecule has 0 unspecified atom stereocenters. The number of nitrogens with one attached hydrogen (secondary N) is 1. The van der Waals surface area contributed by atoms with Gasteiger partial charge in [-0.25, -0.2) is 17.2 Å². The highest BCUT2D eigenvalue weighted by molar-refractivity contribution is 14.1. The van der Waals surface area contributed by atoms with Gasteiger partial charge in [-0.1, -0.05) is 0 Å². The summed E-state index contributed by atoms with van der Waals surface area (Å²) >= 11 is 2.02. The smallest absolute Gasteiger partial charge is 0.256 e. The maximum Gasteiger partial charge on any atom is 0.256 e. The van der Waals surface area contributed by atoms with Crippen LogP contribution in [0, 0.1) is 15.2 Å². The summed E-state index contributed by atoms with van der Waals surface area (Å²) in [6.07, 6.45) is 3.10. The Hall–Kier alpha value is -2.64. The van der Waals surface area contributed by atoms with Crippen LogP contribution in [-0.4, -0.2) is 49.8 Å². The molecule has 11 heteroatoms. The highest BCUT2D eigenvalue weighted by Crippen LogP contribution is 2.24. The number of aromatic nitrogens is 1. The Balaban J connectivity index is 1.41. The number of benzene rings is 2. The van der Waals surface area contributed by atoms with Crippen molar-refractivity contribution >= 4 is 49.9 Å². The van der Waals surface area contributed by atoms with Gasteiger partial charge in [-0.2, -0.15) is 4.31 Å². The van der Waals surface area contributed by atoms with E-state index in [2.05, 4.69) is 10.3 Å². The first-order chi connectivity index (χ1) is 15.7. The molecule has 2 heterocycles. The molecule has 1 aliphatic rings. The minimum Gasteiger partial charge on any atom is -0.369 e. The van der Waals surface area contributed by atoms with Crippen LogP contribution in [0.5, 0.6) is 0 Å². The lowest BCUT2D eigenvalue weighted by atomic mass is 10.2. The summed E-state index contributed by atoms with van der Waals surface area (Å²) in [5.74, 6) is -1.67. The topological polar surface area (TPSA) is 82.6 Å². The van der Waals surface area contributed by atoms with Crippen LogP contribution in [0.15, 0.2) is 65.8 Å². The summed E-state index contributed by atoms with van der Waals surface area (Å²) in [7, 11) is -3.75. The maximum atomic E-state index is 13.5. The van der Waals surface area contributed by atoms with Gasteiger partial charge in [-0.3, -0.25) is 9.78 Å². The van der Waals surface area contributed by atoms with Crippen LogP contribution in [0.25, 0.3) is 0 Å². The summed E-state index contributed by atoms with van der Waals surface area (Å²) in [6.45, 7) is 0.973. The second kappa shape index (κ2) is 9.69. The Labute approximate surface area is 203 Å². The Bertz CT molecular complexity index is 1260. The molecule has 1 N–H and O–H groups in total. The van der Waals surface area contributed by atoms with Crippen LogP contribution in [0.4, 0.5) is 20.2 Å². The number of anilines is 2. The fourth-order valence-electron chi connectivity index (χ4n) is 3.53. The van der Waals surface area contributed by atoms with E-state index in [1.165, 1.54) is 46.9 Å². The van der Waals surface area contributed by atoms with Gasteiger partial charge in [0.2, 0.25) is 10.0 Å². The molecule has 4 rings (SSSR count). The number of piperazine rings is 1. The number of pyridine rings is 1. The number of rotatable bonds is 5. The monoisotopic (exact) mass is 584 g/mol. The van der Waals surface area contributed by atoms with Crippen molar-refractivity contribution in [3.63, 3.8) is 0 Å². The number of amides is 1. The van der Waals surface area contributed by atoms with E-state index in [9.17, 15) is 22.0 Å². The van der Waals surface area contributed by atoms with Crippen molar-refractivity contribution in [3.8, 4) is 0 Å². The van der Waals surface area contributed by atoms with E-state index in [0.717, 1.165) is 6.07 Å². The quantitative estimate of drug-likeness (QED) is 0.463. The van der Waals surface area contributed by atoms with E-state index in [-0.39, 0.29) is 23.9 Å². The summed E-state index contributed by atoms with van der Waals surface area (Å²) in [4.78, 5) is 18.2. The van der Waals surface area contributed by atoms with Crippen molar-refractivity contribution in [2.45, 2.75) is 4.90 Å². The molecule has 7 nitrogen and oxygen atoms in total. The van der Waals surface area contributed by atoms with Crippen molar-refractivity contribution in [3.05, 3.63) is 81.7 Å². The first-order valence-corrected chi connectivity index (χ1v) is 12.5. The predicted octanol–water partition coefficient (Wildman–Crippen LogP) is 3.73. The third-order valence-corrected chi connectivity index (χ3v) is 7.99. The number of nitrogens with zero attached hydrogens (tertiary/aromatic N) is 3. The third kappa shape index (κ3) is 5.31. The van der Waals surface area contributed by atoms with Crippen LogP contribution >= 0.6 is 22.6 Å². The summed E-state index contributed by atoms with van der Waals surface area (Å²) in [5.41, 5.74) is 1.32. The second-order valence-electron chi connectivity index (χ2n) is 7.35. The molecule has 0 radical (unpaired) electrons. The van der Waals surface area contributed by atoms with Crippen LogP contribution in [0.1, 0.15) is 10.4 Å². The van der Waals surface area contributed by atoms with E-state index in [4.69, 9.17) is 0 Å². The van der Waals surface area contributed by atoms with E-state index in [1.54, 1.807) is 17.2 Å². The zero-order chi connectivity index (χ0) is 23.6. The molecule has 0 atom stereocenters. The van der Waals surface area contributed by atoms with E-state index < -0.39 is 21.7 Å². The molecule has 0 saturated carbocycles. The largest absolute Gasteiger partial charge is 0.369 e. The lowest BCUT2D eigenvalue weighted by Gasteiger charge is -2.35. The van der Waals surface area contributed by atoms with E-state index in [0.29, 0.717) is 33.6 Å². The number of hydrogen-bond acceptors (Lipinski definition) is 5. The molecule has 1 fully saturated rings. The molecule has 33 heavy (non-hydrogen) atoms. The van der Waals surface area contributed by atoms with Crippen molar-refractivity contribution < 1.29 is 22.0 Å². The lowest BCUT2D eigenvalue weighted by Crippen LogP contribution is -2.48. The van der Waals surface area contributed by atoms with Crippen molar-refractivity contribution in [2.24, 2.45) is 0 Å². The Kier molecular flexibility index (Phi) is 6.91. The molecular formula is C22H19F2IN4O3S. The van der Waals surface area contributed by atoms with E-state index in [1.807, 2.05) is 22.6 Å². The van der Waals surface area contributed by atoms with Gasteiger partial charge < -0.3 is 10.2 Å². The molecule has 1 saturated heterocycles. The third-order valence-electron chi connectivity index (χ3n) is 5.22. The SMILES string of the molecule is O=C(Nc1ccc(S(=O)(=O)N2CCN(c3cc(F)cc(F)c3)CC2)cc1)c1ccncc1I. The molecule has 3 aromatic rings. The summed E-state index contributed by atoms with van der Waals surface area (Å²) in [5, 5.41) is 2.74. The standard InChI is InChI=1S/C22H19F2IN4O3S/c23-15-11-16(24)13-18(12-15)28-7-9-29(10-8-28)33(31,32)19-3-1-17(2-4-19)27-22(30)20-5-6-26-14-21(20)25/h1-6,11-14H,7-10H2,(H,27,30). The van der Waals surface area contributed by atoms with Gasteiger partial charge in [0.05, 0.1) is 10.5 Å². The van der Waals surface area contributed by atoms with Gasteiger partial charge in [0.15, 0.2) is 0 Å². The fraction of sp³-hybridized carbons (Fsp3) is 0.182. The molecule has 0 bridgehead atoms. The second-order valence-corrected chi connectivity index (χ2v) is 10.5.